The number of esters is 4. The number of carbonyl (C=O) groups is 4. The topological polar surface area (TPSA) is 105 Å². The van der Waals surface area contributed by atoms with Gasteiger partial charge in [-0.1, -0.05) is 47.1 Å². The van der Waals surface area contributed by atoms with Crippen LogP contribution in [-0.2, 0) is 38.1 Å². The SMILES string of the molecule is C=C(C)C(=O)OC[C@@H](OC(=O)C(=C)C)[C@@H](OC(=O)C(=C)C)C(CC(C)(C)C)OC(=O)C(=C)C. The van der Waals surface area contributed by atoms with Crippen LogP contribution in [0.2, 0.25) is 0 Å². The molecule has 0 heterocycles. The van der Waals surface area contributed by atoms with Gasteiger partial charge in [-0.3, -0.25) is 0 Å². The average molecular weight is 465 g/mol. The standard InChI is InChI=1S/C25H36O8/c1-14(2)21(26)30-13-19(32-23(28)16(5)6)20(33-24(29)17(7)8)18(12-25(9,10)11)31-22(27)15(3)4/h18-20H,1,3,5,7,12-13H2,2,4,6,8-11H3/t18?,19-,20+/m1/s1. The van der Waals surface area contributed by atoms with E-state index in [1.165, 1.54) is 27.7 Å². The van der Waals surface area contributed by atoms with Crippen molar-refractivity contribution in [2.45, 2.75) is 73.2 Å². The zero-order chi connectivity index (χ0) is 26.1. The predicted molar refractivity (Wildman–Crippen MR) is 124 cm³/mol. The van der Waals surface area contributed by atoms with Crippen LogP contribution in [0.4, 0.5) is 0 Å². The predicted octanol–water partition coefficient (Wildman–Crippen LogP) is 4.01. The van der Waals surface area contributed by atoms with Gasteiger partial charge < -0.3 is 18.9 Å². The van der Waals surface area contributed by atoms with Crippen LogP contribution in [0.15, 0.2) is 48.6 Å². The minimum atomic E-state index is -1.32. The lowest BCUT2D eigenvalue weighted by Gasteiger charge is -2.35. The van der Waals surface area contributed by atoms with E-state index in [4.69, 9.17) is 18.9 Å². The average Bonchev–Trinajstić information content (AvgIpc) is 2.66. The summed E-state index contributed by atoms with van der Waals surface area (Å²) in [6, 6.07) is 0. The molecule has 0 aliphatic rings. The lowest BCUT2D eigenvalue weighted by atomic mass is 9.86. The third-order valence-electron chi connectivity index (χ3n) is 4.08. The molecule has 0 aliphatic heterocycles. The van der Waals surface area contributed by atoms with Crippen LogP contribution in [-0.4, -0.2) is 48.8 Å². The number of carbonyl (C=O) groups excluding carboxylic acids is 4. The van der Waals surface area contributed by atoms with Gasteiger partial charge in [-0.05, 0) is 39.5 Å². The van der Waals surface area contributed by atoms with E-state index in [0.717, 1.165) is 0 Å². The highest BCUT2D eigenvalue weighted by atomic mass is 16.6. The van der Waals surface area contributed by atoms with E-state index >= 15 is 0 Å². The molecule has 0 bridgehead atoms. The molecule has 0 N–H and O–H groups in total. The Morgan fingerprint density at radius 1 is 0.636 bits per heavy atom. The molecule has 8 heteroatoms. The summed E-state index contributed by atoms with van der Waals surface area (Å²) < 4.78 is 21.8. The highest BCUT2D eigenvalue weighted by molar-refractivity contribution is 5.89. The summed E-state index contributed by atoms with van der Waals surface area (Å²) in [6.45, 7) is 25.2. The highest BCUT2D eigenvalue weighted by Gasteiger charge is 2.41. The smallest absolute Gasteiger partial charge is 0.333 e. The minimum absolute atomic E-state index is 0.0718. The Kier molecular flexibility index (Phi) is 11.5. The maximum Gasteiger partial charge on any atom is 0.333 e. The van der Waals surface area contributed by atoms with Gasteiger partial charge in [-0.25, -0.2) is 19.2 Å². The molecule has 0 saturated carbocycles. The fourth-order valence-electron chi connectivity index (χ4n) is 2.40. The summed E-state index contributed by atoms with van der Waals surface area (Å²) in [7, 11) is 0. The monoisotopic (exact) mass is 464 g/mol. The van der Waals surface area contributed by atoms with E-state index in [9.17, 15) is 19.2 Å². The Morgan fingerprint density at radius 3 is 1.36 bits per heavy atom. The zero-order valence-corrected chi connectivity index (χ0v) is 20.7. The first-order valence-electron chi connectivity index (χ1n) is 10.4. The van der Waals surface area contributed by atoms with Crippen molar-refractivity contribution in [2.24, 2.45) is 5.41 Å². The molecule has 0 aromatic heterocycles. The van der Waals surface area contributed by atoms with Crippen LogP contribution in [0.3, 0.4) is 0 Å². The van der Waals surface area contributed by atoms with Crippen molar-refractivity contribution >= 4 is 23.9 Å². The van der Waals surface area contributed by atoms with E-state index < -0.39 is 54.2 Å². The zero-order valence-electron chi connectivity index (χ0n) is 20.7. The molecule has 1 unspecified atom stereocenters. The normalized spacial score (nSPS) is 13.5. The summed E-state index contributed by atoms with van der Waals surface area (Å²) in [5, 5.41) is 0. The molecule has 0 spiro atoms. The fraction of sp³-hybridized carbons (Fsp3) is 0.520. The van der Waals surface area contributed by atoms with Gasteiger partial charge >= 0.3 is 23.9 Å². The molecule has 3 atom stereocenters. The number of rotatable bonds is 12. The van der Waals surface area contributed by atoms with Crippen LogP contribution < -0.4 is 0 Å². The second-order valence-corrected chi connectivity index (χ2v) is 9.24. The highest BCUT2D eigenvalue weighted by Crippen LogP contribution is 2.28. The Bertz CT molecular complexity index is 828. The molecule has 0 aromatic carbocycles. The Labute approximate surface area is 196 Å². The summed E-state index contributed by atoms with van der Waals surface area (Å²) in [4.78, 5) is 49.1. The molecule has 8 nitrogen and oxygen atoms in total. The molecule has 0 radical (unpaired) electrons. The Morgan fingerprint density at radius 2 is 1.00 bits per heavy atom. The van der Waals surface area contributed by atoms with Crippen molar-refractivity contribution < 1.29 is 38.1 Å². The molecule has 0 aliphatic carbocycles. The van der Waals surface area contributed by atoms with Crippen molar-refractivity contribution in [2.75, 3.05) is 6.61 Å². The van der Waals surface area contributed by atoms with Gasteiger partial charge in [0.25, 0.3) is 0 Å². The van der Waals surface area contributed by atoms with Crippen LogP contribution in [0.5, 0.6) is 0 Å². The molecule has 0 rings (SSSR count). The van der Waals surface area contributed by atoms with Crippen molar-refractivity contribution in [3.8, 4) is 0 Å². The summed E-state index contributed by atoms with van der Waals surface area (Å²) in [6.07, 6.45) is -3.48. The van der Waals surface area contributed by atoms with Crippen LogP contribution >= 0.6 is 0 Å². The van der Waals surface area contributed by atoms with Gasteiger partial charge in [-0.2, -0.15) is 0 Å². The molecular weight excluding hydrogens is 428 g/mol. The lowest BCUT2D eigenvalue weighted by Crippen LogP contribution is -2.49. The van der Waals surface area contributed by atoms with E-state index in [0.29, 0.717) is 0 Å². The lowest BCUT2D eigenvalue weighted by molar-refractivity contribution is -0.188. The van der Waals surface area contributed by atoms with E-state index in [-0.39, 0.29) is 28.7 Å². The van der Waals surface area contributed by atoms with Gasteiger partial charge in [0.2, 0.25) is 0 Å². The summed E-state index contributed by atoms with van der Waals surface area (Å²) in [5.41, 5.74) is -0.00351. The Balaban J connectivity index is 6.43. The molecule has 0 aromatic rings. The number of hydrogen-bond donors (Lipinski definition) is 0. The molecule has 0 saturated heterocycles. The van der Waals surface area contributed by atoms with Crippen LogP contribution in [0.1, 0.15) is 54.9 Å². The van der Waals surface area contributed by atoms with E-state index in [1.807, 2.05) is 20.8 Å². The number of hydrogen-bond acceptors (Lipinski definition) is 8. The first kappa shape index (κ1) is 29.8. The molecule has 0 fully saturated rings. The van der Waals surface area contributed by atoms with Crippen molar-refractivity contribution in [1.29, 1.82) is 0 Å². The van der Waals surface area contributed by atoms with E-state index in [2.05, 4.69) is 26.3 Å². The maximum atomic E-state index is 12.5. The largest absolute Gasteiger partial charge is 0.458 e. The third-order valence-corrected chi connectivity index (χ3v) is 4.08. The second-order valence-electron chi connectivity index (χ2n) is 9.24. The second kappa shape index (κ2) is 12.8. The summed E-state index contributed by atoms with van der Waals surface area (Å²) >= 11 is 0. The van der Waals surface area contributed by atoms with Gasteiger partial charge in [-0.15, -0.1) is 0 Å². The minimum Gasteiger partial charge on any atom is -0.458 e. The van der Waals surface area contributed by atoms with Gasteiger partial charge in [0.1, 0.15) is 12.7 Å². The van der Waals surface area contributed by atoms with Crippen LogP contribution in [0, 0.1) is 5.41 Å². The van der Waals surface area contributed by atoms with Gasteiger partial charge in [0.05, 0.1) is 0 Å². The van der Waals surface area contributed by atoms with Crippen LogP contribution in [0.25, 0.3) is 0 Å². The molecule has 184 valence electrons. The maximum absolute atomic E-state index is 12.5. The van der Waals surface area contributed by atoms with Crippen molar-refractivity contribution in [3.05, 3.63) is 48.6 Å². The molecule has 33 heavy (non-hydrogen) atoms. The first-order chi connectivity index (χ1) is 15.0. The molecule has 0 amide bonds. The summed E-state index contributed by atoms with van der Waals surface area (Å²) in [5.74, 6) is -3.05. The number of ether oxygens (including phenoxy) is 4. The first-order valence-corrected chi connectivity index (χ1v) is 10.4. The fourth-order valence-corrected chi connectivity index (χ4v) is 2.40. The van der Waals surface area contributed by atoms with E-state index in [1.54, 1.807) is 0 Å². The van der Waals surface area contributed by atoms with Gasteiger partial charge in [0.15, 0.2) is 12.2 Å². The van der Waals surface area contributed by atoms with Crippen molar-refractivity contribution in [1.82, 2.24) is 0 Å². The molecular formula is C25H36O8. The third kappa shape index (κ3) is 11.3. The van der Waals surface area contributed by atoms with Gasteiger partial charge in [0, 0.05) is 22.3 Å². The Hall–Kier alpha value is -3.16. The quantitative estimate of drug-likeness (QED) is 0.242. The van der Waals surface area contributed by atoms with Crippen molar-refractivity contribution in [3.63, 3.8) is 0 Å².